The number of esters is 1. The maximum Gasteiger partial charge on any atom is 0.709 e. The quantitative estimate of drug-likeness (QED) is 0.268. The van der Waals surface area contributed by atoms with Crippen molar-refractivity contribution in [1.82, 2.24) is 0 Å². The van der Waals surface area contributed by atoms with Crippen molar-refractivity contribution in [3.05, 3.63) is 0 Å². The lowest BCUT2D eigenvalue weighted by Gasteiger charge is -2.01. The zero-order chi connectivity index (χ0) is 9.56. The van der Waals surface area contributed by atoms with Crippen molar-refractivity contribution in [3.8, 4) is 0 Å². The van der Waals surface area contributed by atoms with Crippen LogP contribution in [0.25, 0.3) is 0 Å². The van der Waals surface area contributed by atoms with E-state index in [9.17, 15) is 9.59 Å². The van der Waals surface area contributed by atoms with Gasteiger partial charge in [-0.05, 0) is 0 Å². The van der Waals surface area contributed by atoms with Gasteiger partial charge in [0.25, 0.3) is 0 Å². The smallest absolute Gasteiger partial charge is 0.476 e. The minimum absolute atomic E-state index is 0.00938. The van der Waals surface area contributed by atoms with Crippen LogP contribution in [0.2, 0.25) is 0 Å². The van der Waals surface area contributed by atoms with E-state index in [-0.39, 0.29) is 6.61 Å². The summed E-state index contributed by atoms with van der Waals surface area (Å²) >= 11 is 2.95. The van der Waals surface area contributed by atoms with E-state index in [1.165, 1.54) is 0 Å². The number of rotatable bonds is 3. The van der Waals surface area contributed by atoms with Crippen molar-refractivity contribution in [2.75, 3.05) is 11.9 Å². The van der Waals surface area contributed by atoms with Crippen LogP contribution in [-0.4, -0.2) is 41.2 Å². The second-order valence-corrected chi connectivity index (χ2v) is 2.35. The highest BCUT2D eigenvalue weighted by molar-refractivity contribution is 9.09. The van der Waals surface area contributed by atoms with E-state index >= 15 is 0 Å². The van der Waals surface area contributed by atoms with Crippen LogP contribution in [-0.2, 0) is 19.0 Å². The molecule has 0 atom stereocenters. The molecular formula is C4H6BBrO6. The SMILES string of the molecule is O=C(OCCBr)C(=O)OB(O)O. The number of ether oxygens (including phenoxy) is 1. The summed E-state index contributed by atoms with van der Waals surface area (Å²) in [5, 5.41) is 16.6. The van der Waals surface area contributed by atoms with Crippen molar-refractivity contribution in [2.24, 2.45) is 0 Å². The summed E-state index contributed by atoms with van der Waals surface area (Å²) in [6.07, 6.45) is 0. The van der Waals surface area contributed by atoms with Gasteiger partial charge in [0.15, 0.2) is 0 Å². The molecule has 0 unspecified atom stereocenters. The summed E-state index contributed by atoms with van der Waals surface area (Å²) in [5.74, 6) is -2.70. The Balaban J connectivity index is 3.70. The Kier molecular flexibility index (Phi) is 5.68. The fraction of sp³-hybridized carbons (Fsp3) is 0.500. The van der Waals surface area contributed by atoms with Crippen LogP contribution in [0.5, 0.6) is 0 Å². The molecule has 0 aliphatic carbocycles. The molecule has 0 spiro atoms. The van der Waals surface area contributed by atoms with Gasteiger partial charge >= 0.3 is 19.3 Å². The molecule has 12 heavy (non-hydrogen) atoms. The normalized spacial score (nSPS) is 8.92. The number of hydrogen-bond donors (Lipinski definition) is 2. The molecule has 0 radical (unpaired) electrons. The van der Waals surface area contributed by atoms with E-state index in [0.717, 1.165) is 0 Å². The van der Waals surface area contributed by atoms with Crippen molar-refractivity contribution in [2.45, 2.75) is 0 Å². The number of alkyl halides is 1. The molecule has 68 valence electrons. The average molecular weight is 241 g/mol. The van der Waals surface area contributed by atoms with Gasteiger partial charge in [0.2, 0.25) is 0 Å². The molecule has 0 aromatic heterocycles. The Morgan fingerprint density at radius 2 is 1.92 bits per heavy atom. The van der Waals surface area contributed by atoms with E-state index in [4.69, 9.17) is 10.0 Å². The third-order valence-electron chi connectivity index (χ3n) is 0.689. The molecule has 0 rings (SSSR count). The lowest BCUT2D eigenvalue weighted by atomic mass is 10.3. The largest absolute Gasteiger partial charge is 0.709 e. The average Bonchev–Trinajstić information content (AvgIpc) is 1.98. The molecule has 2 N–H and O–H groups in total. The molecule has 0 saturated carbocycles. The van der Waals surface area contributed by atoms with Gasteiger partial charge in [0.1, 0.15) is 6.61 Å². The topological polar surface area (TPSA) is 93.1 Å². The molecule has 0 aliphatic rings. The van der Waals surface area contributed by atoms with Crippen molar-refractivity contribution >= 4 is 35.2 Å². The zero-order valence-electron chi connectivity index (χ0n) is 5.90. The minimum atomic E-state index is -2.30. The molecule has 0 fully saturated rings. The third kappa shape index (κ3) is 5.11. The maximum atomic E-state index is 10.5. The molecule has 0 aromatic rings. The standard InChI is InChI=1S/C4H6BBrO6/c6-1-2-11-3(7)4(8)12-5(9)10/h9-10H,1-2H2. The van der Waals surface area contributed by atoms with Gasteiger partial charge in [-0.3, -0.25) is 0 Å². The Labute approximate surface area is 76.8 Å². The lowest BCUT2D eigenvalue weighted by Crippen LogP contribution is -2.29. The summed E-state index contributed by atoms with van der Waals surface area (Å²) in [6.45, 7) is 0.00938. The van der Waals surface area contributed by atoms with E-state index in [2.05, 4.69) is 25.3 Å². The van der Waals surface area contributed by atoms with Gasteiger partial charge in [-0.15, -0.1) is 0 Å². The Morgan fingerprint density at radius 3 is 2.33 bits per heavy atom. The third-order valence-corrected chi connectivity index (χ3v) is 1.01. The van der Waals surface area contributed by atoms with Gasteiger partial charge in [0, 0.05) is 5.33 Å². The fourth-order valence-electron chi connectivity index (χ4n) is 0.334. The molecule has 8 heteroatoms. The van der Waals surface area contributed by atoms with Crippen LogP contribution < -0.4 is 0 Å². The van der Waals surface area contributed by atoms with Crippen molar-refractivity contribution in [1.29, 1.82) is 0 Å². The fourth-order valence-corrected chi connectivity index (χ4v) is 0.496. The summed E-state index contributed by atoms with van der Waals surface area (Å²) in [5.41, 5.74) is 0. The van der Waals surface area contributed by atoms with Gasteiger partial charge in [0.05, 0.1) is 0 Å². The second-order valence-electron chi connectivity index (χ2n) is 1.56. The summed E-state index contributed by atoms with van der Waals surface area (Å²) in [4.78, 5) is 20.9. The molecule has 0 heterocycles. The minimum Gasteiger partial charge on any atom is -0.476 e. The van der Waals surface area contributed by atoms with Crippen molar-refractivity contribution < 1.29 is 29.0 Å². The first kappa shape index (κ1) is 11.4. The molecule has 0 aliphatic heterocycles. The Hall–Kier alpha value is -0.595. The highest BCUT2D eigenvalue weighted by Crippen LogP contribution is 1.87. The van der Waals surface area contributed by atoms with Gasteiger partial charge < -0.3 is 19.4 Å². The van der Waals surface area contributed by atoms with Gasteiger partial charge in [-0.25, -0.2) is 9.59 Å². The first-order valence-electron chi connectivity index (χ1n) is 2.87. The van der Waals surface area contributed by atoms with E-state index in [1.54, 1.807) is 0 Å². The van der Waals surface area contributed by atoms with E-state index in [1.807, 2.05) is 0 Å². The van der Waals surface area contributed by atoms with Gasteiger partial charge in [-0.2, -0.15) is 0 Å². The van der Waals surface area contributed by atoms with Crippen LogP contribution in [0, 0.1) is 0 Å². The predicted octanol–water partition coefficient (Wildman–Crippen LogP) is -1.56. The highest BCUT2D eigenvalue weighted by atomic mass is 79.9. The molecule has 0 aromatic carbocycles. The monoisotopic (exact) mass is 240 g/mol. The van der Waals surface area contributed by atoms with Crippen LogP contribution in [0.1, 0.15) is 0 Å². The number of carbonyl (C=O) groups is 2. The molecule has 0 amide bonds. The molecule has 0 saturated heterocycles. The number of halogens is 1. The van der Waals surface area contributed by atoms with Crippen LogP contribution in [0.15, 0.2) is 0 Å². The van der Waals surface area contributed by atoms with Crippen LogP contribution in [0.4, 0.5) is 0 Å². The summed E-state index contributed by atoms with van der Waals surface area (Å²) in [6, 6.07) is 0. The Bertz CT molecular complexity index is 171. The Morgan fingerprint density at radius 1 is 1.33 bits per heavy atom. The predicted molar refractivity (Wildman–Crippen MR) is 41.0 cm³/mol. The van der Waals surface area contributed by atoms with Gasteiger partial charge in [-0.1, -0.05) is 15.9 Å². The molecule has 6 nitrogen and oxygen atoms in total. The first-order valence-corrected chi connectivity index (χ1v) is 4.00. The second kappa shape index (κ2) is 5.98. The maximum absolute atomic E-state index is 10.5. The van der Waals surface area contributed by atoms with Crippen LogP contribution >= 0.6 is 15.9 Å². The highest BCUT2D eigenvalue weighted by Gasteiger charge is 2.23. The zero-order valence-corrected chi connectivity index (χ0v) is 7.48. The van der Waals surface area contributed by atoms with Crippen LogP contribution in [0.3, 0.4) is 0 Å². The van der Waals surface area contributed by atoms with E-state index in [0.29, 0.717) is 5.33 Å². The number of hydrogen-bond acceptors (Lipinski definition) is 6. The molecular weight excluding hydrogens is 235 g/mol. The van der Waals surface area contributed by atoms with E-state index < -0.39 is 19.3 Å². The first-order chi connectivity index (χ1) is 5.57. The lowest BCUT2D eigenvalue weighted by molar-refractivity contribution is -0.163. The number of carbonyl (C=O) groups excluding carboxylic acids is 2. The summed E-state index contributed by atoms with van der Waals surface area (Å²) < 4.78 is 7.96. The summed E-state index contributed by atoms with van der Waals surface area (Å²) in [7, 11) is -2.30. The van der Waals surface area contributed by atoms with Crippen molar-refractivity contribution in [3.63, 3.8) is 0 Å². The molecule has 0 bridgehead atoms.